The Bertz CT molecular complexity index is 722. The Kier molecular flexibility index (Phi) is 6.95. The van der Waals surface area contributed by atoms with E-state index in [1.54, 1.807) is 25.3 Å². The van der Waals surface area contributed by atoms with Crippen LogP contribution in [0.25, 0.3) is 11.3 Å². The van der Waals surface area contributed by atoms with E-state index in [0.717, 1.165) is 5.56 Å². The monoisotopic (exact) mass is 342 g/mol. The first kappa shape index (κ1) is 18.4. The summed E-state index contributed by atoms with van der Waals surface area (Å²) >= 11 is 0. The Hall–Kier alpha value is -2.89. The van der Waals surface area contributed by atoms with Crippen LogP contribution >= 0.6 is 0 Å². The van der Waals surface area contributed by atoms with E-state index in [-0.39, 0.29) is 18.7 Å². The van der Waals surface area contributed by atoms with Crippen molar-refractivity contribution in [3.05, 3.63) is 54.6 Å². The molecule has 2 rings (SSSR count). The van der Waals surface area contributed by atoms with Crippen LogP contribution in [-0.4, -0.2) is 28.0 Å². The van der Waals surface area contributed by atoms with Crippen molar-refractivity contribution in [1.82, 2.24) is 10.3 Å². The molecule has 0 aliphatic rings. The molecule has 2 aromatic rings. The van der Waals surface area contributed by atoms with Crippen LogP contribution in [0.2, 0.25) is 0 Å². The van der Waals surface area contributed by atoms with Crippen LogP contribution in [0, 0.1) is 0 Å². The van der Waals surface area contributed by atoms with Gasteiger partial charge in [0.25, 0.3) is 0 Å². The van der Waals surface area contributed by atoms with E-state index in [9.17, 15) is 9.59 Å². The highest BCUT2D eigenvalue weighted by molar-refractivity contribution is 5.83. The summed E-state index contributed by atoms with van der Waals surface area (Å²) in [5, 5.41) is 11.6. The van der Waals surface area contributed by atoms with E-state index in [4.69, 9.17) is 9.52 Å². The molecule has 0 aliphatic carbocycles. The molecule has 0 saturated heterocycles. The van der Waals surface area contributed by atoms with Crippen LogP contribution in [0.1, 0.15) is 32.1 Å². The Balaban J connectivity index is 1.79. The summed E-state index contributed by atoms with van der Waals surface area (Å²) in [4.78, 5) is 27.2. The number of hydrogen-bond donors (Lipinski definition) is 2. The SMILES string of the molecule is C/C=C/CC(NC(=O)CCCc1ncc(-c2ccccc2)o1)C(=O)O. The molecule has 2 N–H and O–H groups in total. The lowest BCUT2D eigenvalue weighted by Gasteiger charge is -2.12. The highest BCUT2D eigenvalue weighted by atomic mass is 16.4. The third-order valence-corrected chi connectivity index (χ3v) is 3.65. The van der Waals surface area contributed by atoms with Gasteiger partial charge in [0.15, 0.2) is 11.7 Å². The molecule has 132 valence electrons. The van der Waals surface area contributed by atoms with Crippen LogP contribution < -0.4 is 5.32 Å². The van der Waals surface area contributed by atoms with Gasteiger partial charge in [0, 0.05) is 18.4 Å². The van der Waals surface area contributed by atoms with Crippen molar-refractivity contribution < 1.29 is 19.1 Å². The average Bonchev–Trinajstić information content (AvgIpc) is 3.08. The highest BCUT2D eigenvalue weighted by Crippen LogP contribution is 2.20. The molecule has 1 unspecified atom stereocenters. The van der Waals surface area contributed by atoms with E-state index >= 15 is 0 Å². The summed E-state index contributed by atoms with van der Waals surface area (Å²) in [7, 11) is 0. The number of benzene rings is 1. The molecular formula is C19H22N2O4. The topological polar surface area (TPSA) is 92.4 Å². The number of nitrogens with one attached hydrogen (secondary N) is 1. The third-order valence-electron chi connectivity index (χ3n) is 3.65. The minimum absolute atomic E-state index is 0.225. The van der Waals surface area contributed by atoms with Crippen LogP contribution in [0.3, 0.4) is 0 Å². The van der Waals surface area contributed by atoms with Gasteiger partial charge in [-0.1, -0.05) is 42.5 Å². The Morgan fingerprint density at radius 1 is 1.32 bits per heavy atom. The molecule has 1 heterocycles. The molecular weight excluding hydrogens is 320 g/mol. The van der Waals surface area contributed by atoms with E-state index in [1.165, 1.54) is 0 Å². The number of rotatable bonds is 9. The van der Waals surface area contributed by atoms with Crippen molar-refractivity contribution >= 4 is 11.9 Å². The smallest absolute Gasteiger partial charge is 0.326 e. The Morgan fingerprint density at radius 3 is 2.76 bits per heavy atom. The van der Waals surface area contributed by atoms with Gasteiger partial charge in [-0.15, -0.1) is 0 Å². The Morgan fingerprint density at radius 2 is 2.08 bits per heavy atom. The van der Waals surface area contributed by atoms with E-state index in [2.05, 4.69) is 10.3 Å². The number of nitrogens with zero attached hydrogens (tertiary/aromatic N) is 1. The fourth-order valence-corrected chi connectivity index (χ4v) is 2.32. The number of aromatic nitrogens is 1. The maximum Gasteiger partial charge on any atom is 0.326 e. The molecule has 25 heavy (non-hydrogen) atoms. The highest BCUT2D eigenvalue weighted by Gasteiger charge is 2.18. The summed E-state index contributed by atoms with van der Waals surface area (Å²) in [6.07, 6.45) is 6.71. The first-order valence-corrected chi connectivity index (χ1v) is 8.23. The van der Waals surface area contributed by atoms with Crippen LogP contribution in [0.5, 0.6) is 0 Å². The van der Waals surface area contributed by atoms with Gasteiger partial charge in [-0.3, -0.25) is 4.79 Å². The number of allylic oxidation sites excluding steroid dienone is 1. The number of aryl methyl sites for hydroxylation is 1. The maximum absolute atomic E-state index is 11.9. The summed E-state index contributed by atoms with van der Waals surface area (Å²) in [5.41, 5.74) is 0.951. The van der Waals surface area contributed by atoms with Crippen molar-refractivity contribution in [1.29, 1.82) is 0 Å². The van der Waals surface area contributed by atoms with Gasteiger partial charge in [0.2, 0.25) is 5.91 Å². The fourth-order valence-electron chi connectivity index (χ4n) is 2.32. The average molecular weight is 342 g/mol. The third kappa shape index (κ3) is 5.91. The van der Waals surface area contributed by atoms with E-state index < -0.39 is 12.0 Å². The van der Waals surface area contributed by atoms with Crippen molar-refractivity contribution in [2.75, 3.05) is 0 Å². The number of aliphatic carboxylic acids is 1. The summed E-state index contributed by atoms with van der Waals surface area (Å²) < 4.78 is 5.68. The zero-order valence-corrected chi connectivity index (χ0v) is 14.1. The largest absolute Gasteiger partial charge is 0.480 e. The molecule has 1 aromatic carbocycles. The molecule has 0 fully saturated rings. The molecule has 0 radical (unpaired) electrons. The second-order valence-electron chi connectivity index (χ2n) is 5.60. The molecule has 0 aliphatic heterocycles. The van der Waals surface area contributed by atoms with Crippen molar-refractivity contribution in [3.8, 4) is 11.3 Å². The number of amides is 1. The number of hydrogen-bond acceptors (Lipinski definition) is 4. The normalized spacial score (nSPS) is 12.2. The predicted octanol–water partition coefficient (Wildman–Crippen LogP) is 3.20. The number of carbonyl (C=O) groups is 2. The van der Waals surface area contributed by atoms with Crippen molar-refractivity contribution in [2.24, 2.45) is 0 Å². The molecule has 0 spiro atoms. The molecule has 0 bridgehead atoms. The van der Waals surface area contributed by atoms with Crippen LogP contribution in [0.15, 0.2) is 53.1 Å². The van der Waals surface area contributed by atoms with Gasteiger partial charge in [-0.2, -0.15) is 0 Å². The van der Waals surface area contributed by atoms with E-state index in [1.807, 2.05) is 30.3 Å². The van der Waals surface area contributed by atoms with E-state index in [0.29, 0.717) is 24.5 Å². The fraction of sp³-hybridized carbons (Fsp3) is 0.316. The lowest BCUT2D eigenvalue weighted by atomic mass is 10.1. The van der Waals surface area contributed by atoms with Gasteiger partial charge in [-0.25, -0.2) is 9.78 Å². The molecule has 0 saturated carbocycles. The molecule has 1 atom stereocenters. The number of oxazole rings is 1. The zero-order chi connectivity index (χ0) is 18.1. The number of carbonyl (C=O) groups excluding carboxylic acids is 1. The van der Waals surface area contributed by atoms with Gasteiger partial charge >= 0.3 is 5.97 Å². The quantitative estimate of drug-likeness (QED) is 0.683. The molecule has 1 aromatic heterocycles. The standard InChI is InChI=1S/C19H22N2O4/c1-2-3-10-15(19(23)24)21-17(22)11-7-12-18-20-13-16(25-18)14-8-5-4-6-9-14/h2-6,8-9,13,15H,7,10-12H2,1H3,(H,21,22)(H,23,24)/b3-2+. The minimum atomic E-state index is -1.04. The van der Waals surface area contributed by atoms with Gasteiger partial charge in [0.05, 0.1) is 6.20 Å². The summed E-state index contributed by atoms with van der Waals surface area (Å²) in [6.45, 7) is 1.81. The van der Waals surface area contributed by atoms with Crippen molar-refractivity contribution in [3.63, 3.8) is 0 Å². The first-order valence-electron chi connectivity index (χ1n) is 8.23. The van der Waals surface area contributed by atoms with Gasteiger partial charge in [-0.05, 0) is 19.8 Å². The Labute approximate surface area is 146 Å². The molecule has 1 amide bonds. The second kappa shape index (κ2) is 9.42. The second-order valence-corrected chi connectivity index (χ2v) is 5.60. The van der Waals surface area contributed by atoms with Gasteiger partial charge in [0.1, 0.15) is 6.04 Å². The molecule has 6 heteroatoms. The summed E-state index contributed by atoms with van der Waals surface area (Å²) in [6, 6.07) is 8.77. The lowest BCUT2D eigenvalue weighted by Crippen LogP contribution is -2.40. The molecule has 6 nitrogen and oxygen atoms in total. The van der Waals surface area contributed by atoms with Gasteiger partial charge < -0.3 is 14.8 Å². The van der Waals surface area contributed by atoms with Crippen LogP contribution in [0.4, 0.5) is 0 Å². The number of carboxylic acid groups (broad SMARTS) is 1. The number of carboxylic acids is 1. The minimum Gasteiger partial charge on any atom is -0.480 e. The first-order chi connectivity index (χ1) is 12.1. The van der Waals surface area contributed by atoms with Crippen molar-refractivity contribution in [2.45, 2.75) is 38.6 Å². The maximum atomic E-state index is 11.9. The predicted molar refractivity (Wildman–Crippen MR) is 93.9 cm³/mol. The zero-order valence-electron chi connectivity index (χ0n) is 14.1. The lowest BCUT2D eigenvalue weighted by molar-refractivity contribution is -0.141. The van der Waals surface area contributed by atoms with Crippen LogP contribution in [-0.2, 0) is 16.0 Å². The summed E-state index contributed by atoms with van der Waals surface area (Å²) in [5.74, 6) is -0.0638.